The molecule has 0 spiro atoms. The molecule has 1 aromatic carbocycles. The highest BCUT2D eigenvalue weighted by molar-refractivity contribution is 6.05. The molecule has 5 rings (SSSR count). The Bertz CT molecular complexity index is 1580. The summed E-state index contributed by atoms with van der Waals surface area (Å²) in [5.41, 5.74) is 3.32. The number of carbonyl (C=O) groups excluding carboxylic acids is 1. The fourth-order valence-electron chi connectivity index (χ4n) is 4.48. The van der Waals surface area contributed by atoms with Crippen molar-refractivity contribution < 1.29 is 40.6 Å². The maximum absolute atomic E-state index is 15.0. The average molecular weight is 578 g/mol. The second-order valence-corrected chi connectivity index (χ2v) is 8.95. The van der Waals surface area contributed by atoms with Gasteiger partial charge < -0.3 is 20.5 Å². The highest BCUT2D eigenvalue weighted by Crippen LogP contribution is 2.40. The topological polar surface area (TPSA) is 117 Å². The number of alkyl halides is 3. The highest BCUT2D eigenvalue weighted by atomic mass is 19.4. The number of benzene rings is 1. The van der Waals surface area contributed by atoms with Gasteiger partial charge in [-0.25, -0.2) is 27.8 Å². The van der Waals surface area contributed by atoms with Gasteiger partial charge in [-0.3, -0.25) is 4.79 Å². The summed E-state index contributed by atoms with van der Waals surface area (Å²) in [5, 5.41) is 5.48. The molecule has 1 saturated heterocycles. The Hall–Kier alpha value is -4.66. The van der Waals surface area contributed by atoms with Crippen LogP contribution >= 0.6 is 0 Å². The largest absolute Gasteiger partial charge is 0.451 e. The third-order valence-corrected chi connectivity index (χ3v) is 6.30. The van der Waals surface area contributed by atoms with Crippen LogP contribution < -0.4 is 15.8 Å². The van der Waals surface area contributed by atoms with Gasteiger partial charge in [-0.15, -0.1) is 0 Å². The van der Waals surface area contributed by atoms with Crippen molar-refractivity contribution in [3.05, 3.63) is 83.2 Å². The molecule has 1 aliphatic rings. The van der Waals surface area contributed by atoms with Gasteiger partial charge >= 0.3 is 6.18 Å². The molecular formula is C26H20F6N6O3. The second kappa shape index (κ2) is 11.1. The van der Waals surface area contributed by atoms with E-state index in [2.05, 4.69) is 15.1 Å². The van der Waals surface area contributed by atoms with Gasteiger partial charge in [0.05, 0.1) is 11.8 Å². The van der Waals surface area contributed by atoms with Gasteiger partial charge in [-0.05, 0) is 37.0 Å². The molecule has 9 nitrogen and oxygen atoms in total. The standard InChI is InChI=1S/C26H20F6N6O3/c27-16-2-1-6-35-24(16)38-22(26(30,31)32)15(12-36-38)25(39)37-14-10-17(28)21(18(29)11-14)41-19-3-7-34-23(33)20(19)13-4-8-40-9-5-13/h1-3,6-7,10-13H,4-5,8-9H2,(H2,33,34)(H,37,39). The molecule has 3 aromatic heterocycles. The van der Waals surface area contributed by atoms with Crippen LogP contribution in [0.5, 0.6) is 11.5 Å². The number of aromatic nitrogens is 4. The van der Waals surface area contributed by atoms with Crippen LogP contribution in [-0.2, 0) is 10.9 Å². The number of hydrogen-bond donors (Lipinski definition) is 2. The normalized spacial score (nSPS) is 14.2. The zero-order valence-electron chi connectivity index (χ0n) is 20.9. The minimum Gasteiger partial charge on any atom is -0.451 e. The lowest BCUT2D eigenvalue weighted by Gasteiger charge is -2.25. The van der Waals surface area contributed by atoms with Crippen LogP contribution in [0.4, 0.5) is 37.8 Å². The van der Waals surface area contributed by atoms with Crippen LogP contribution in [0.1, 0.15) is 40.4 Å². The van der Waals surface area contributed by atoms with E-state index in [4.69, 9.17) is 15.2 Å². The first kappa shape index (κ1) is 27.9. The molecular weight excluding hydrogens is 558 g/mol. The van der Waals surface area contributed by atoms with Gasteiger partial charge in [-0.2, -0.15) is 18.3 Å². The molecule has 0 unspecified atom stereocenters. The van der Waals surface area contributed by atoms with E-state index in [1.165, 1.54) is 12.3 Å². The Balaban J connectivity index is 1.43. The Morgan fingerprint density at radius 1 is 1.05 bits per heavy atom. The molecule has 0 bridgehead atoms. The monoisotopic (exact) mass is 578 g/mol. The third-order valence-electron chi connectivity index (χ3n) is 6.30. The first-order valence-electron chi connectivity index (χ1n) is 12.1. The lowest BCUT2D eigenvalue weighted by molar-refractivity contribution is -0.143. The molecule has 41 heavy (non-hydrogen) atoms. The number of halogens is 6. The lowest BCUT2D eigenvalue weighted by Crippen LogP contribution is -2.21. The second-order valence-electron chi connectivity index (χ2n) is 8.95. The van der Waals surface area contributed by atoms with Crippen molar-refractivity contribution in [3.8, 4) is 17.3 Å². The number of nitrogens with two attached hydrogens (primary N) is 1. The van der Waals surface area contributed by atoms with Gasteiger partial charge in [-0.1, -0.05) is 0 Å². The summed E-state index contributed by atoms with van der Waals surface area (Å²) in [6.07, 6.45) is -1.09. The van der Waals surface area contributed by atoms with Crippen molar-refractivity contribution in [2.24, 2.45) is 0 Å². The van der Waals surface area contributed by atoms with Gasteiger partial charge in [0.25, 0.3) is 5.91 Å². The van der Waals surface area contributed by atoms with E-state index in [0.29, 0.717) is 49.9 Å². The van der Waals surface area contributed by atoms with Gasteiger partial charge in [0.15, 0.2) is 34.7 Å². The molecule has 4 aromatic rings. The van der Waals surface area contributed by atoms with Crippen molar-refractivity contribution in [3.63, 3.8) is 0 Å². The molecule has 0 atom stereocenters. The Morgan fingerprint density at radius 2 is 1.76 bits per heavy atom. The van der Waals surface area contributed by atoms with Crippen LogP contribution in [0, 0.1) is 17.5 Å². The van der Waals surface area contributed by atoms with Crippen molar-refractivity contribution in [1.29, 1.82) is 0 Å². The first-order valence-corrected chi connectivity index (χ1v) is 12.1. The lowest BCUT2D eigenvalue weighted by atomic mass is 9.91. The minimum absolute atomic E-state index is 0.0722. The molecule has 214 valence electrons. The fraction of sp³-hybridized carbons (Fsp3) is 0.231. The summed E-state index contributed by atoms with van der Waals surface area (Å²) in [4.78, 5) is 20.4. The smallest absolute Gasteiger partial charge is 0.434 e. The summed E-state index contributed by atoms with van der Waals surface area (Å²) in [6, 6.07) is 4.77. The maximum Gasteiger partial charge on any atom is 0.434 e. The van der Waals surface area contributed by atoms with E-state index in [9.17, 15) is 22.4 Å². The Labute approximate surface area is 227 Å². The van der Waals surface area contributed by atoms with Gasteiger partial charge in [0.2, 0.25) is 0 Å². The number of anilines is 2. The number of carbonyl (C=O) groups is 1. The SMILES string of the molecule is Nc1nccc(Oc2c(F)cc(NC(=O)c3cnn(-c4ncccc4F)c3C(F)(F)F)cc2F)c1C1CCOCC1. The summed E-state index contributed by atoms with van der Waals surface area (Å²) >= 11 is 0. The van der Waals surface area contributed by atoms with Crippen LogP contribution in [0.15, 0.2) is 48.9 Å². The molecule has 1 amide bonds. The van der Waals surface area contributed by atoms with E-state index in [1.54, 1.807) is 0 Å². The molecule has 15 heteroatoms. The predicted molar refractivity (Wildman–Crippen MR) is 132 cm³/mol. The van der Waals surface area contributed by atoms with Gasteiger partial charge in [0.1, 0.15) is 11.6 Å². The van der Waals surface area contributed by atoms with Crippen LogP contribution in [0.2, 0.25) is 0 Å². The number of ether oxygens (including phenoxy) is 2. The first-order chi connectivity index (χ1) is 19.5. The Morgan fingerprint density at radius 3 is 2.41 bits per heavy atom. The number of amides is 1. The molecule has 4 heterocycles. The van der Waals surface area contributed by atoms with Crippen molar-refractivity contribution in [2.45, 2.75) is 24.9 Å². The maximum atomic E-state index is 15.0. The number of nitrogens with zero attached hydrogens (tertiary/aromatic N) is 4. The van der Waals surface area contributed by atoms with Crippen molar-refractivity contribution in [2.75, 3.05) is 24.3 Å². The molecule has 1 fully saturated rings. The zero-order valence-corrected chi connectivity index (χ0v) is 20.9. The number of hydrogen-bond acceptors (Lipinski definition) is 7. The van der Waals surface area contributed by atoms with E-state index in [1.807, 2.05) is 5.32 Å². The third kappa shape index (κ3) is 5.66. The predicted octanol–water partition coefficient (Wildman–Crippen LogP) is 5.62. The average Bonchev–Trinajstić information content (AvgIpc) is 3.38. The number of nitrogens with one attached hydrogen (secondary N) is 1. The van der Waals surface area contributed by atoms with Crippen LogP contribution in [-0.4, -0.2) is 38.9 Å². The van der Waals surface area contributed by atoms with E-state index in [0.717, 1.165) is 18.3 Å². The van der Waals surface area contributed by atoms with Gasteiger partial charge in [0, 0.05) is 49.0 Å². The number of pyridine rings is 2. The van der Waals surface area contributed by atoms with Crippen molar-refractivity contribution in [1.82, 2.24) is 19.7 Å². The zero-order chi connectivity index (χ0) is 29.3. The summed E-state index contributed by atoms with van der Waals surface area (Å²) in [5.74, 6) is -6.58. The number of nitrogen functional groups attached to an aromatic ring is 1. The Kier molecular flexibility index (Phi) is 7.53. The molecule has 3 N–H and O–H groups in total. The highest BCUT2D eigenvalue weighted by Gasteiger charge is 2.41. The molecule has 1 aliphatic heterocycles. The van der Waals surface area contributed by atoms with E-state index >= 15 is 8.78 Å². The van der Waals surface area contributed by atoms with E-state index in [-0.39, 0.29) is 22.2 Å². The van der Waals surface area contributed by atoms with Crippen molar-refractivity contribution >= 4 is 17.4 Å². The van der Waals surface area contributed by atoms with Crippen LogP contribution in [0.25, 0.3) is 5.82 Å². The summed E-state index contributed by atoms with van der Waals surface area (Å²) in [6.45, 7) is 0.919. The molecule has 0 saturated carbocycles. The minimum atomic E-state index is -5.17. The molecule has 0 radical (unpaired) electrons. The molecule has 0 aliphatic carbocycles. The fourth-order valence-corrected chi connectivity index (χ4v) is 4.48. The summed E-state index contributed by atoms with van der Waals surface area (Å²) < 4.78 is 96.9. The van der Waals surface area contributed by atoms with E-state index < -0.39 is 58.0 Å². The summed E-state index contributed by atoms with van der Waals surface area (Å²) in [7, 11) is 0. The van der Waals surface area contributed by atoms with Crippen LogP contribution in [0.3, 0.4) is 0 Å². The number of rotatable bonds is 6. The quantitative estimate of drug-likeness (QED) is 0.285.